The summed E-state index contributed by atoms with van der Waals surface area (Å²) in [5.41, 5.74) is 6.20. The molecule has 0 spiro atoms. The lowest BCUT2D eigenvalue weighted by Crippen LogP contribution is -2.23. The first-order valence-electron chi connectivity index (χ1n) is 8.73. The van der Waals surface area contributed by atoms with Crippen LogP contribution in [0.5, 0.6) is 11.5 Å². The molecule has 0 unspecified atom stereocenters. The molecular weight excluding hydrogens is 456 g/mol. The van der Waals surface area contributed by atoms with Gasteiger partial charge in [-0.1, -0.05) is 15.9 Å². The summed E-state index contributed by atoms with van der Waals surface area (Å²) >= 11 is 3.30. The van der Waals surface area contributed by atoms with E-state index in [1.54, 1.807) is 42.5 Å². The Morgan fingerprint density at radius 2 is 1.70 bits per heavy atom. The quantitative estimate of drug-likeness (QED) is 0.134. The van der Waals surface area contributed by atoms with Gasteiger partial charge in [0.25, 0.3) is 0 Å². The maximum atomic E-state index is 12.9. The number of methoxy groups -OCH3 is 3. The highest BCUT2D eigenvalue weighted by molar-refractivity contribution is 9.10. The Kier molecular flexibility index (Phi) is 8.42. The third kappa shape index (κ3) is 6.08. The number of benzene rings is 2. The Morgan fingerprint density at radius 1 is 1.00 bits per heavy atom. The van der Waals surface area contributed by atoms with E-state index in [1.165, 1.54) is 27.5 Å². The van der Waals surface area contributed by atoms with E-state index in [4.69, 9.17) is 9.47 Å². The molecular formula is C21H21BrN2O6. The molecule has 158 valence electrons. The van der Waals surface area contributed by atoms with Crippen molar-refractivity contribution in [1.29, 1.82) is 0 Å². The zero-order chi connectivity index (χ0) is 22.1. The van der Waals surface area contributed by atoms with Crippen molar-refractivity contribution in [3.05, 3.63) is 64.3 Å². The van der Waals surface area contributed by atoms with Crippen LogP contribution in [-0.4, -0.2) is 38.9 Å². The molecule has 8 nitrogen and oxygen atoms in total. The van der Waals surface area contributed by atoms with Gasteiger partial charge in [0.2, 0.25) is 0 Å². The van der Waals surface area contributed by atoms with E-state index in [0.717, 1.165) is 4.47 Å². The molecule has 0 atom stereocenters. The highest BCUT2D eigenvalue weighted by Crippen LogP contribution is 2.28. The summed E-state index contributed by atoms with van der Waals surface area (Å²) in [5, 5.41) is 0. The van der Waals surface area contributed by atoms with Crippen molar-refractivity contribution in [3.63, 3.8) is 0 Å². The van der Waals surface area contributed by atoms with Crippen molar-refractivity contribution in [2.24, 2.45) is 0 Å². The van der Waals surface area contributed by atoms with Crippen LogP contribution in [0.4, 0.5) is 5.69 Å². The second-order valence-electron chi connectivity index (χ2n) is 5.91. The second-order valence-corrected chi connectivity index (χ2v) is 6.82. The summed E-state index contributed by atoms with van der Waals surface area (Å²) in [6.07, 6.45) is 0.650. The lowest BCUT2D eigenvalue weighted by molar-refractivity contribution is -0.142. The smallest absolute Gasteiger partial charge is 0.313 e. The molecule has 2 aromatic carbocycles. The lowest BCUT2D eigenvalue weighted by atomic mass is 9.99. The number of rotatable bonds is 10. The molecule has 0 radical (unpaired) electrons. The third-order valence-electron chi connectivity index (χ3n) is 4.02. The molecule has 2 N–H and O–H groups in total. The van der Waals surface area contributed by atoms with Gasteiger partial charge >= 0.3 is 5.97 Å². The summed E-state index contributed by atoms with van der Waals surface area (Å²) in [6.45, 7) is 0. The monoisotopic (exact) mass is 476 g/mol. The predicted octanol–water partition coefficient (Wildman–Crippen LogP) is 3.28. The maximum Gasteiger partial charge on any atom is 0.313 e. The first kappa shape index (κ1) is 23.0. The molecule has 0 saturated carbocycles. The molecule has 0 heterocycles. The Hall–Kier alpha value is -3.33. The molecule has 0 amide bonds. The number of allylic oxidation sites excluding steroid dienone is 1. The zero-order valence-corrected chi connectivity index (χ0v) is 18.2. The van der Waals surface area contributed by atoms with E-state index in [-0.39, 0.29) is 5.57 Å². The fourth-order valence-electron chi connectivity index (χ4n) is 2.42. The number of ketones is 2. The lowest BCUT2D eigenvalue weighted by Gasteiger charge is -2.13. The van der Waals surface area contributed by atoms with Gasteiger partial charge in [0.15, 0.2) is 11.6 Å². The van der Waals surface area contributed by atoms with Crippen molar-refractivity contribution in [2.75, 3.05) is 26.8 Å². The molecule has 0 aliphatic carbocycles. The van der Waals surface area contributed by atoms with Crippen molar-refractivity contribution in [2.45, 2.75) is 6.42 Å². The molecule has 9 heteroatoms. The SMILES string of the molecule is COC(=O)CC(=O)C(=CNNc1ccc(OC)cc1OC)C(=O)c1ccc(Br)cc1. The van der Waals surface area contributed by atoms with Crippen LogP contribution in [0, 0.1) is 0 Å². The number of nitrogens with one attached hydrogen (secondary N) is 2. The van der Waals surface area contributed by atoms with Crippen LogP contribution in [0.2, 0.25) is 0 Å². The highest BCUT2D eigenvalue weighted by atomic mass is 79.9. The van der Waals surface area contributed by atoms with Crippen molar-refractivity contribution >= 4 is 39.2 Å². The fraction of sp³-hybridized carbons (Fsp3) is 0.190. The normalized spacial score (nSPS) is 10.7. The maximum absolute atomic E-state index is 12.9. The van der Waals surface area contributed by atoms with Gasteiger partial charge in [-0.25, -0.2) is 0 Å². The molecule has 0 fully saturated rings. The first-order valence-corrected chi connectivity index (χ1v) is 9.53. The molecule has 2 rings (SSSR count). The van der Waals surface area contributed by atoms with Gasteiger partial charge in [-0.15, -0.1) is 0 Å². The Labute approximate surface area is 182 Å². The van der Waals surface area contributed by atoms with E-state index in [0.29, 0.717) is 22.7 Å². The average Bonchev–Trinajstić information content (AvgIpc) is 2.76. The van der Waals surface area contributed by atoms with Crippen LogP contribution in [0.3, 0.4) is 0 Å². The minimum Gasteiger partial charge on any atom is -0.497 e. The van der Waals surface area contributed by atoms with Crippen LogP contribution in [0.15, 0.2) is 58.7 Å². The van der Waals surface area contributed by atoms with E-state index in [1.807, 2.05) is 0 Å². The van der Waals surface area contributed by atoms with E-state index in [9.17, 15) is 14.4 Å². The fourth-order valence-corrected chi connectivity index (χ4v) is 2.68. The number of hydrogen-bond donors (Lipinski definition) is 2. The van der Waals surface area contributed by atoms with Crippen molar-refractivity contribution in [3.8, 4) is 11.5 Å². The number of carbonyl (C=O) groups excluding carboxylic acids is 3. The Balaban J connectivity index is 2.26. The topological polar surface area (TPSA) is 103 Å². The molecule has 0 bridgehead atoms. The van der Waals surface area contributed by atoms with Crippen LogP contribution in [0.1, 0.15) is 16.8 Å². The number of anilines is 1. The molecule has 2 aromatic rings. The van der Waals surface area contributed by atoms with Crippen LogP contribution >= 0.6 is 15.9 Å². The van der Waals surface area contributed by atoms with Crippen molar-refractivity contribution < 1.29 is 28.6 Å². The number of carbonyl (C=O) groups is 3. The second kappa shape index (κ2) is 11.0. The third-order valence-corrected chi connectivity index (χ3v) is 4.54. The van der Waals surface area contributed by atoms with Gasteiger partial charge in [-0.05, 0) is 36.4 Å². The molecule has 0 aliphatic rings. The Bertz CT molecular complexity index is 956. The summed E-state index contributed by atoms with van der Waals surface area (Å²) < 4.78 is 15.7. The summed E-state index contributed by atoms with van der Waals surface area (Å²) in [4.78, 5) is 36.9. The number of hydrazine groups is 1. The van der Waals surface area contributed by atoms with Gasteiger partial charge < -0.3 is 19.6 Å². The molecule has 0 aliphatic heterocycles. The van der Waals surface area contributed by atoms with Crippen molar-refractivity contribution in [1.82, 2.24) is 5.43 Å². The minimum atomic E-state index is -0.737. The van der Waals surface area contributed by atoms with Crippen LogP contribution in [0.25, 0.3) is 0 Å². The van der Waals surface area contributed by atoms with E-state index < -0.39 is 24.0 Å². The molecule has 0 aromatic heterocycles. The number of halogens is 1. The number of ether oxygens (including phenoxy) is 3. The largest absolute Gasteiger partial charge is 0.497 e. The van der Waals surface area contributed by atoms with Crippen LogP contribution in [-0.2, 0) is 14.3 Å². The summed E-state index contributed by atoms with van der Waals surface area (Å²) in [6, 6.07) is 11.6. The summed E-state index contributed by atoms with van der Waals surface area (Å²) in [7, 11) is 4.21. The van der Waals surface area contributed by atoms with E-state index in [2.05, 4.69) is 31.5 Å². The number of Topliss-reactive ketones (excluding diaryl/α,β-unsaturated/α-hetero) is 2. The molecule has 30 heavy (non-hydrogen) atoms. The van der Waals surface area contributed by atoms with Gasteiger partial charge in [-0.2, -0.15) is 0 Å². The first-order chi connectivity index (χ1) is 14.4. The van der Waals surface area contributed by atoms with Crippen LogP contribution < -0.4 is 20.3 Å². The average molecular weight is 477 g/mol. The number of hydrogen-bond acceptors (Lipinski definition) is 8. The van der Waals surface area contributed by atoms with Gasteiger partial charge in [0.05, 0.1) is 32.6 Å². The highest BCUT2D eigenvalue weighted by Gasteiger charge is 2.22. The molecule has 0 saturated heterocycles. The van der Waals surface area contributed by atoms with E-state index >= 15 is 0 Å². The number of esters is 1. The minimum absolute atomic E-state index is 0.206. The van der Waals surface area contributed by atoms with Gasteiger partial charge in [0, 0.05) is 22.3 Å². The standard InChI is InChI=1S/C21H21BrN2O6/c1-28-15-8-9-17(19(10-15)29-2)24-23-12-16(18(25)11-20(26)30-3)21(27)13-4-6-14(22)7-5-13/h4-10,12,23-24H,11H2,1-3H3. The van der Waals surface area contributed by atoms with Gasteiger partial charge in [0.1, 0.15) is 17.9 Å². The summed E-state index contributed by atoms with van der Waals surface area (Å²) in [5.74, 6) is -0.860. The predicted molar refractivity (Wildman–Crippen MR) is 114 cm³/mol. The Morgan fingerprint density at radius 3 is 2.30 bits per heavy atom. The zero-order valence-electron chi connectivity index (χ0n) is 16.7. The van der Waals surface area contributed by atoms with Gasteiger partial charge in [-0.3, -0.25) is 19.8 Å².